The normalized spacial score (nSPS) is 9.42. The summed E-state index contributed by atoms with van der Waals surface area (Å²) in [7, 11) is 0. The number of aryl methyl sites for hydroxylation is 1. The van der Waals surface area contributed by atoms with Crippen LogP contribution in [0.25, 0.3) is 0 Å². The molecule has 1 aromatic heterocycles. The van der Waals surface area contributed by atoms with Crippen LogP contribution in [0.3, 0.4) is 0 Å². The van der Waals surface area contributed by atoms with Crippen LogP contribution in [-0.2, 0) is 6.42 Å². The minimum Gasteiger partial charge on any atom is -0.368 e. The molecule has 0 aliphatic carbocycles. The first-order valence-electron chi connectivity index (χ1n) is 3.61. The molecule has 1 rings (SSSR count). The van der Waals surface area contributed by atoms with Crippen LogP contribution in [0.5, 0.6) is 0 Å². The molecule has 62 valence electrons. The van der Waals surface area contributed by atoms with Gasteiger partial charge in [0.2, 0.25) is 5.95 Å². The van der Waals surface area contributed by atoms with E-state index in [2.05, 4.69) is 9.97 Å². The highest BCUT2D eigenvalue weighted by molar-refractivity contribution is 5.31. The fourth-order valence-electron chi connectivity index (χ4n) is 0.959. The van der Waals surface area contributed by atoms with Gasteiger partial charge in [0.25, 0.3) is 0 Å². The molecular weight excluding hydrogens is 152 g/mol. The van der Waals surface area contributed by atoms with Gasteiger partial charge in [-0.1, -0.05) is 0 Å². The molecule has 1 heterocycles. The number of anilines is 1. The highest BCUT2D eigenvalue weighted by Gasteiger charge is 2.04. The highest BCUT2D eigenvalue weighted by atomic mass is 15.0. The maximum atomic E-state index is 8.47. The number of hydrogen-bond donors (Lipinski definition) is 1. The summed E-state index contributed by atoms with van der Waals surface area (Å²) in [5, 5.41) is 8.47. The first kappa shape index (κ1) is 8.47. The van der Waals surface area contributed by atoms with Crippen LogP contribution in [-0.4, -0.2) is 9.97 Å². The second-order valence-corrected chi connectivity index (χ2v) is 2.57. The molecule has 0 saturated heterocycles. The summed E-state index contributed by atoms with van der Waals surface area (Å²) < 4.78 is 0. The van der Waals surface area contributed by atoms with E-state index in [9.17, 15) is 0 Å². The summed E-state index contributed by atoms with van der Waals surface area (Å²) in [4.78, 5) is 7.94. The molecule has 0 spiro atoms. The molecule has 0 amide bonds. The van der Waals surface area contributed by atoms with Crippen molar-refractivity contribution in [3.63, 3.8) is 0 Å². The number of nitrogens with two attached hydrogens (primary N) is 1. The highest BCUT2D eigenvalue weighted by Crippen LogP contribution is 2.10. The number of nitriles is 1. The fourth-order valence-corrected chi connectivity index (χ4v) is 0.959. The van der Waals surface area contributed by atoms with Gasteiger partial charge >= 0.3 is 0 Å². The maximum absolute atomic E-state index is 8.47. The Morgan fingerprint density at radius 1 is 1.42 bits per heavy atom. The quantitative estimate of drug-likeness (QED) is 0.660. The number of aromatic nitrogens is 2. The second-order valence-electron chi connectivity index (χ2n) is 2.57. The standard InChI is InChI=1S/C8H10N4/c1-5-6(2)11-8(10)12-7(5)3-4-9/h3H2,1-2H3,(H2,10,11,12). The average Bonchev–Trinajstić information content (AvgIpc) is 2.00. The topological polar surface area (TPSA) is 75.6 Å². The van der Waals surface area contributed by atoms with Gasteiger partial charge in [0.1, 0.15) is 0 Å². The summed E-state index contributed by atoms with van der Waals surface area (Å²) in [6.07, 6.45) is 0.291. The largest absolute Gasteiger partial charge is 0.368 e. The lowest BCUT2D eigenvalue weighted by Gasteiger charge is -2.04. The van der Waals surface area contributed by atoms with E-state index in [-0.39, 0.29) is 5.95 Å². The van der Waals surface area contributed by atoms with Gasteiger partial charge in [-0.3, -0.25) is 0 Å². The van der Waals surface area contributed by atoms with Crippen molar-refractivity contribution in [1.29, 1.82) is 5.26 Å². The van der Waals surface area contributed by atoms with Crippen LogP contribution in [0.2, 0.25) is 0 Å². The molecule has 0 radical (unpaired) electrons. The first-order valence-corrected chi connectivity index (χ1v) is 3.61. The van der Waals surface area contributed by atoms with Crippen molar-refractivity contribution in [2.75, 3.05) is 5.73 Å². The third-order valence-electron chi connectivity index (χ3n) is 1.75. The van der Waals surface area contributed by atoms with E-state index in [1.54, 1.807) is 0 Å². The zero-order valence-electron chi connectivity index (χ0n) is 7.13. The van der Waals surface area contributed by atoms with Crippen LogP contribution in [0.15, 0.2) is 0 Å². The second kappa shape index (κ2) is 3.18. The summed E-state index contributed by atoms with van der Waals surface area (Å²) in [6, 6.07) is 2.03. The minimum absolute atomic E-state index is 0.239. The fraction of sp³-hybridized carbons (Fsp3) is 0.375. The molecule has 1 aromatic rings. The van der Waals surface area contributed by atoms with Crippen LogP contribution in [0.1, 0.15) is 17.0 Å². The van der Waals surface area contributed by atoms with E-state index < -0.39 is 0 Å². The minimum atomic E-state index is 0.239. The Morgan fingerprint density at radius 2 is 2.08 bits per heavy atom. The van der Waals surface area contributed by atoms with E-state index in [1.807, 2.05) is 19.9 Å². The molecule has 0 aromatic carbocycles. The molecule has 4 nitrogen and oxygen atoms in total. The van der Waals surface area contributed by atoms with E-state index in [0.717, 1.165) is 17.0 Å². The van der Waals surface area contributed by atoms with Crippen molar-refractivity contribution >= 4 is 5.95 Å². The lowest BCUT2D eigenvalue weighted by molar-refractivity contribution is 0.994. The molecule has 12 heavy (non-hydrogen) atoms. The van der Waals surface area contributed by atoms with Gasteiger partial charge in [0, 0.05) is 5.69 Å². The Kier molecular flexibility index (Phi) is 2.24. The SMILES string of the molecule is Cc1nc(N)nc(CC#N)c1C. The third-order valence-corrected chi connectivity index (χ3v) is 1.75. The van der Waals surface area contributed by atoms with Gasteiger partial charge in [-0.15, -0.1) is 0 Å². The molecular formula is C8H10N4. The maximum Gasteiger partial charge on any atom is 0.220 e. The summed E-state index contributed by atoms with van der Waals surface area (Å²) in [6.45, 7) is 3.75. The monoisotopic (exact) mass is 162 g/mol. The molecule has 0 saturated carbocycles. The lowest BCUT2D eigenvalue weighted by atomic mass is 10.1. The van der Waals surface area contributed by atoms with Gasteiger partial charge in [0.15, 0.2) is 0 Å². The molecule has 0 aliphatic rings. The van der Waals surface area contributed by atoms with Crippen LogP contribution >= 0.6 is 0 Å². The van der Waals surface area contributed by atoms with Crippen LogP contribution in [0.4, 0.5) is 5.95 Å². The number of nitrogens with zero attached hydrogens (tertiary/aromatic N) is 3. The van der Waals surface area contributed by atoms with Crippen molar-refractivity contribution in [3.05, 3.63) is 17.0 Å². The molecule has 0 unspecified atom stereocenters. The van der Waals surface area contributed by atoms with Gasteiger partial charge in [0.05, 0.1) is 18.2 Å². The van der Waals surface area contributed by atoms with Gasteiger partial charge < -0.3 is 5.73 Å². The van der Waals surface area contributed by atoms with Crippen molar-refractivity contribution in [1.82, 2.24) is 9.97 Å². The predicted octanol–water partition coefficient (Wildman–Crippen LogP) is 0.742. The Hall–Kier alpha value is -1.63. The van der Waals surface area contributed by atoms with Crippen molar-refractivity contribution in [3.8, 4) is 6.07 Å². The summed E-state index contributed by atoms with van der Waals surface area (Å²) in [5.74, 6) is 0.239. The lowest BCUT2D eigenvalue weighted by Crippen LogP contribution is -2.04. The summed E-state index contributed by atoms with van der Waals surface area (Å²) >= 11 is 0. The number of rotatable bonds is 1. The number of nitrogen functional groups attached to an aromatic ring is 1. The smallest absolute Gasteiger partial charge is 0.220 e. The van der Waals surface area contributed by atoms with Crippen LogP contribution < -0.4 is 5.73 Å². The van der Waals surface area contributed by atoms with Gasteiger partial charge in [-0.25, -0.2) is 9.97 Å². The average molecular weight is 162 g/mol. The van der Waals surface area contributed by atoms with Crippen LogP contribution in [0, 0.1) is 25.2 Å². The predicted molar refractivity (Wildman–Crippen MR) is 45.2 cm³/mol. The van der Waals surface area contributed by atoms with Gasteiger partial charge in [-0.2, -0.15) is 5.26 Å². The summed E-state index contributed by atoms with van der Waals surface area (Å²) in [5.41, 5.74) is 7.94. The zero-order chi connectivity index (χ0) is 9.14. The first-order chi connectivity index (χ1) is 5.65. The van der Waals surface area contributed by atoms with E-state index in [4.69, 9.17) is 11.0 Å². The zero-order valence-corrected chi connectivity index (χ0v) is 7.13. The Balaban J connectivity index is 3.20. The Morgan fingerprint density at radius 3 is 2.67 bits per heavy atom. The molecule has 2 N–H and O–H groups in total. The Bertz CT molecular complexity index is 338. The Labute approximate surface area is 71.1 Å². The van der Waals surface area contributed by atoms with E-state index >= 15 is 0 Å². The van der Waals surface area contributed by atoms with E-state index in [0.29, 0.717) is 6.42 Å². The molecule has 0 fully saturated rings. The van der Waals surface area contributed by atoms with Crippen molar-refractivity contribution < 1.29 is 0 Å². The van der Waals surface area contributed by atoms with E-state index in [1.165, 1.54) is 0 Å². The molecule has 0 aliphatic heterocycles. The molecule has 4 heteroatoms. The molecule has 0 bridgehead atoms. The number of hydrogen-bond acceptors (Lipinski definition) is 4. The van der Waals surface area contributed by atoms with Crippen molar-refractivity contribution in [2.24, 2.45) is 0 Å². The van der Waals surface area contributed by atoms with Crippen molar-refractivity contribution in [2.45, 2.75) is 20.3 Å². The van der Waals surface area contributed by atoms with Gasteiger partial charge in [-0.05, 0) is 19.4 Å². The third kappa shape index (κ3) is 1.51. The molecule has 0 atom stereocenters.